The molecule has 0 saturated carbocycles. The minimum Gasteiger partial charge on any atom is -0.314 e. The van der Waals surface area contributed by atoms with Gasteiger partial charge in [-0.1, -0.05) is 33.3 Å². The van der Waals surface area contributed by atoms with E-state index in [1.165, 1.54) is 24.1 Å². The van der Waals surface area contributed by atoms with Gasteiger partial charge in [-0.2, -0.15) is 0 Å². The standard InChI is InChI=1S/C15H26N2/c1-5-7-13(4)15(16-6-2)10-14-9-8-12(3)11-17-14/h8-9,11,13,15-16H,5-7,10H2,1-4H3. The lowest BCUT2D eigenvalue weighted by Crippen LogP contribution is -2.37. The summed E-state index contributed by atoms with van der Waals surface area (Å²) in [6, 6.07) is 4.85. The number of aryl methyl sites for hydroxylation is 1. The predicted octanol–water partition coefficient (Wildman–Crippen LogP) is 3.35. The Bertz CT molecular complexity index is 305. The summed E-state index contributed by atoms with van der Waals surface area (Å²) < 4.78 is 0. The number of hydrogen-bond acceptors (Lipinski definition) is 2. The first-order valence-corrected chi connectivity index (χ1v) is 6.82. The van der Waals surface area contributed by atoms with Crippen molar-refractivity contribution in [3.63, 3.8) is 0 Å². The minimum atomic E-state index is 0.551. The lowest BCUT2D eigenvalue weighted by atomic mass is 9.93. The maximum absolute atomic E-state index is 4.50. The molecule has 0 aliphatic heterocycles. The van der Waals surface area contributed by atoms with Gasteiger partial charge in [-0.05, 0) is 37.4 Å². The molecule has 0 saturated heterocycles. The second-order valence-electron chi connectivity index (χ2n) is 4.96. The van der Waals surface area contributed by atoms with Gasteiger partial charge in [0.1, 0.15) is 0 Å². The van der Waals surface area contributed by atoms with Crippen molar-refractivity contribution < 1.29 is 0 Å². The number of nitrogens with zero attached hydrogens (tertiary/aromatic N) is 1. The Balaban J connectivity index is 2.62. The Morgan fingerprint density at radius 1 is 1.29 bits per heavy atom. The van der Waals surface area contributed by atoms with Crippen LogP contribution < -0.4 is 5.32 Å². The molecule has 0 bridgehead atoms. The first-order valence-electron chi connectivity index (χ1n) is 6.82. The van der Waals surface area contributed by atoms with E-state index >= 15 is 0 Å². The molecular weight excluding hydrogens is 208 g/mol. The Hall–Kier alpha value is -0.890. The van der Waals surface area contributed by atoms with E-state index in [2.05, 4.69) is 50.1 Å². The average Bonchev–Trinajstić information content (AvgIpc) is 2.31. The third-order valence-corrected chi connectivity index (χ3v) is 3.30. The molecule has 1 aromatic rings. The first kappa shape index (κ1) is 14.2. The zero-order valence-corrected chi connectivity index (χ0v) is 11.7. The van der Waals surface area contributed by atoms with E-state index in [1.807, 2.05) is 6.20 Å². The zero-order chi connectivity index (χ0) is 12.7. The van der Waals surface area contributed by atoms with Crippen LogP contribution in [0.3, 0.4) is 0 Å². The van der Waals surface area contributed by atoms with Crippen molar-refractivity contribution >= 4 is 0 Å². The molecule has 0 spiro atoms. The highest BCUT2D eigenvalue weighted by Gasteiger charge is 2.16. The molecule has 0 amide bonds. The van der Waals surface area contributed by atoms with Gasteiger partial charge < -0.3 is 5.32 Å². The summed E-state index contributed by atoms with van der Waals surface area (Å²) in [7, 11) is 0. The maximum Gasteiger partial charge on any atom is 0.0419 e. The summed E-state index contributed by atoms with van der Waals surface area (Å²) >= 11 is 0. The van der Waals surface area contributed by atoms with Crippen molar-refractivity contribution in [1.82, 2.24) is 10.3 Å². The fourth-order valence-electron chi connectivity index (χ4n) is 2.24. The smallest absolute Gasteiger partial charge is 0.0419 e. The summed E-state index contributed by atoms with van der Waals surface area (Å²) in [4.78, 5) is 4.50. The quantitative estimate of drug-likeness (QED) is 0.782. The van der Waals surface area contributed by atoms with Crippen molar-refractivity contribution in [2.45, 2.75) is 53.0 Å². The van der Waals surface area contributed by atoms with Crippen molar-refractivity contribution in [2.24, 2.45) is 5.92 Å². The molecule has 2 atom stereocenters. The van der Waals surface area contributed by atoms with Crippen LogP contribution in [0.5, 0.6) is 0 Å². The molecule has 17 heavy (non-hydrogen) atoms. The number of nitrogens with one attached hydrogen (secondary N) is 1. The average molecular weight is 234 g/mol. The van der Waals surface area contributed by atoms with Crippen molar-refractivity contribution in [2.75, 3.05) is 6.54 Å². The molecule has 1 heterocycles. The molecule has 1 rings (SSSR count). The summed E-state index contributed by atoms with van der Waals surface area (Å²) in [6.07, 6.45) is 5.53. The van der Waals surface area contributed by atoms with E-state index in [4.69, 9.17) is 0 Å². The molecule has 2 heteroatoms. The number of hydrogen-bond donors (Lipinski definition) is 1. The fraction of sp³-hybridized carbons (Fsp3) is 0.667. The molecule has 0 aliphatic rings. The van der Waals surface area contributed by atoms with E-state index < -0.39 is 0 Å². The van der Waals surface area contributed by atoms with E-state index in [0.29, 0.717) is 12.0 Å². The lowest BCUT2D eigenvalue weighted by Gasteiger charge is -2.24. The highest BCUT2D eigenvalue weighted by Crippen LogP contribution is 2.14. The van der Waals surface area contributed by atoms with Gasteiger partial charge >= 0.3 is 0 Å². The van der Waals surface area contributed by atoms with Crippen LogP contribution in [0.15, 0.2) is 18.3 Å². The van der Waals surface area contributed by atoms with Gasteiger partial charge in [0, 0.05) is 24.4 Å². The second-order valence-corrected chi connectivity index (χ2v) is 4.96. The SMILES string of the molecule is CCCC(C)C(Cc1ccc(C)cn1)NCC. The lowest BCUT2D eigenvalue weighted by molar-refractivity contribution is 0.355. The van der Waals surface area contributed by atoms with Gasteiger partial charge in [0.25, 0.3) is 0 Å². The summed E-state index contributed by atoms with van der Waals surface area (Å²) in [5.74, 6) is 0.711. The summed E-state index contributed by atoms with van der Waals surface area (Å²) in [5, 5.41) is 3.59. The molecule has 0 fully saturated rings. The van der Waals surface area contributed by atoms with Gasteiger partial charge in [0.15, 0.2) is 0 Å². The molecule has 0 aliphatic carbocycles. The predicted molar refractivity (Wildman–Crippen MR) is 74.2 cm³/mol. The van der Waals surface area contributed by atoms with Crippen LogP contribution in [0, 0.1) is 12.8 Å². The number of aromatic nitrogens is 1. The van der Waals surface area contributed by atoms with E-state index in [1.54, 1.807) is 0 Å². The van der Waals surface area contributed by atoms with Gasteiger partial charge in [-0.3, -0.25) is 4.98 Å². The van der Waals surface area contributed by atoms with Gasteiger partial charge in [-0.25, -0.2) is 0 Å². The molecule has 1 aromatic heterocycles. The molecule has 2 nitrogen and oxygen atoms in total. The van der Waals surface area contributed by atoms with Crippen molar-refractivity contribution in [1.29, 1.82) is 0 Å². The first-order chi connectivity index (χ1) is 8.17. The number of pyridine rings is 1. The van der Waals surface area contributed by atoms with E-state index in [-0.39, 0.29) is 0 Å². The fourth-order valence-corrected chi connectivity index (χ4v) is 2.24. The van der Waals surface area contributed by atoms with Crippen LogP contribution in [0.2, 0.25) is 0 Å². The molecule has 96 valence electrons. The number of likely N-dealkylation sites (N-methyl/N-ethyl adjacent to an activating group) is 1. The van der Waals surface area contributed by atoms with Crippen LogP contribution in [0.25, 0.3) is 0 Å². The van der Waals surface area contributed by atoms with Crippen LogP contribution in [0.1, 0.15) is 44.9 Å². The molecule has 2 unspecified atom stereocenters. The van der Waals surface area contributed by atoms with Crippen LogP contribution in [-0.2, 0) is 6.42 Å². The topological polar surface area (TPSA) is 24.9 Å². The Labute approximate surface area is 106 Å². The zero-order valence-electron chi connectivity index (χ0n) is 11.7. The van der Waals surface area contributed by atoms with Gasteiger partial charge in [-0.15, -0.1) is 0 Å². The highest BCUT2D eigenvalue weighted by molar-refractivity contribution is 5.13. The van der Waals surface area contributed by atoms with E-state index in [9.17, 15) is 0 Å². The van der Waals surface area contributed by atoms with Crippen molar-refractivity contribution in [3.05, 3.63) is 29.6 Å². The van der Waals surface area contributed by atoms with Crippen LogP contribution in [-0.4, -0.2) is 17.6 Å². The summed E-state index contributed by atoms with van der Waals surface area (Å²) in [5.41, 5.74) is 2.43. The Morgan fingerprint density at radius 2 is 2.06 bits per heavy atom. The number of rotatable bonds is 7. The Kier molecular flexibility index (Phi) is 6.20. The van der Waals surface area contributed by atoms with Gasteiger partial charge in [0.2, 0.25) is 0 Å². The maximum atomic E-state index is 4.50. The van der Waals surface area contributed by atoms with E-state index in [0.717, 1.165) is 13.0 Å². The minimum absolute atomic E-state index is 0.551. The third-order valence-electron chi connectivity index (χ3n) is 3.30. The monoisotopic (exact) mass is 234 g/mol. The second kappa shape index (κ2) is 7.44. The summed E-state index contributed by atoms with van der Waals surface area (Å²) in [6.45, 7) is 9.88. The highest BCUT2D eigenvalue weighted by atomic mass is 14.9. The normalized spacial score (nSPS) is 14.6. The third kappa shape index (κ3) is 4.86. The molecule has 1 N–H and O–H groups in total. The van der Waals surface area contributed by atoms with Crippen molar-refractivity contribution in [3.8, 4) is 0 Å². The van der Waals surface area contributed by atoms with Gasteiger partial charge in [0.05, 0.1) is 0 Å². The van der Waals surface area contributed by atoms with Crippen LogP contribution >= 0.6 is 0 Å². The largest absolute Gasteiger partial charge is 0.314 e. The van der Waals surface area contributed by atoms with Crippen LogP contribution in [0.4, 0.5) is 0 Å². The molecule has 0 radical (unpaired) electrons. The Morgan fingerprint density at radius 3 is 2.59 bits per heavy atom. The molecular formula is C15H26N2. The molecule has 0 aromatic carbocycles.